The summed E-state index contributed by atoms with van der Waals surface area (Å²) in [5, 5.41) is 2.92. The van der Waals surface area contributed by atoms with Crippen molar-refractivity contribution < 1.29 is 9.21 Å². The van der Waals surface area contributed by atoms with Crippen molar-refractivity contribution in [3.63, 3.8) is 0 Å². The van der Waals surface area contributed by atoms with Crippen molar-refractivity contribution in [3.05, 3.63) is 41.2 Å². The molecule has 2 aromatic rings. The summed E-state index contributed by atoms with van der Waals surface area (Å²) in [6.07, 6.45) is 2.75. The first kappa shape index (κ1) is 10.6. The Kier molecular flexibility index (Phi) is 2.87. The first-order chi connectivity index (χ1) is 7.68. The zero-order valence-electron chi connectivity index (χ0n) is 8.40. The predicted molar refractivity (Wildman–Crippen MR) is 58.4 cm³/mol. The van der Waals surface area contributed by atoms with Gasteiger partial charge in [0, 0.05) is 6.20 Å². The van der Waals surface area contributed by atoms with Crippen molar-refractivity contribution in [2.24, 2.45) is 0 Å². The molecule has 2 heterocycles. The summed E-state index contributed by atoms with van der Waals surface area (Å²) in [4.78, 5) is 19.4. The Bertz CT molecular complexity index is 524. The minimum absolute atomic E-state index is 0.224. The molecule has 0 unspecified atom stereocenters. The molecule has 0 fully saturated rings. The van der Waals surface area contributed by atoms with Crippen molar-refractivity contribution in [2.75, 3.05) is 5.32 Å². The molecular formula is C10H8ClN3O2. The van der Waals surface area contributed by atoms with E-state index in [2.05, 4.69) is 15.3 Å². The van der Waals surface area contributed by atoms with Crippen LogP contribution in [0.1, 0.15) is 16.2 Å². The smallest absolute Gasteiger partial charge is 0.279 e. The summed E-state index contributed by atoms with van der Waals surface area (Å²) in [7, 11) is 0. The van der Waals surface area contributed by atoms with Gasteiger partial charge in [-0.15, -0.1) is 0 Å². The van der Waals surface area contributed by atoms with Crippen molar-refractivity contribution in [1.29, 1.82) is 0 Å². The zero-order valence-corrected chi connectivity index (χ0v) is 9.15. The van der Waals surface area contributed by atoms with Crippen LogP contribution in [0.5, 0.6) is 0 Å². The van der Waals surface area contributed by atoms with E-state index in [1.165, 1.54) is 12.6 Å². The molecule has 0 radical (unpaired) electrons. The van der Waals surface area contributed by atoms with Crippen LogP contribution < -0.4 is 5.32 Å². The van der Waals surface area contributed by atoms with Gasteiger partial charge in [-0.25, -0.2) is 9.97 Å². The molecule has 0 aliphatic carbocycles. The number of aryl methyl sites for hydroxylation is 1. The molecule has 0 saturated carbocycles. The van der Waals surface area contributed by atoms with Crippen molar-refractivity contribution >= 4 is 23.3 Å². The minimum atomic E-state index is -0.396. The number of carbonyl (C=O) groups excluding carboxylic acids is 1. The molecule has 2 rings (SSSR count). The minimum Gasteiger partial charge on any atom is -0.448 e. The monoisotopic (exact) mass is 237 g/mol. The molecule has 0 saturated heterocycles. The molecule has 0 bridgehead atoms. The Morgan fingerprint density at radius 2 is 2.31 bits per heavy atom. The number of carbonyl (C=O) groups is 1. The topological polar surface area (TPSA) is 68.0 Å². The van der Waals surface area contributed by atoms with Gasteiger partial charge in [0.25, 0.3) is 5.91 Å². The normalized spacial score (nSPS) is 10.1. The van der Waals surface area contributed by atoms with Crippen molar-refractivity contribution in [1.82, 2.24) is 9.97 Å². The lowest BCUT2D eigenvalue weighted by Crippen LogP contribution is -2.14. The van der Waals surface area contributed by atoms with Crippen LogP contribution in [0.15, 0.2) is 29.1 Å². The SMILES string of the molecule is Cc1ocnc1C(=O)Nc1ncccc1Cl. The Labute approximate surface area is 96.5 Å². The fraction of sp³-hybridized carbons (Fsp3) is 0.100. The average Bonchev–Trinajstić information content (AvgIpc) is 2.68. The Hall–Kier alpha value is -1.88. The Morgan fingerprint density at radius 3 is 2.94 bits per heavy atom. The number of pyridine rings is 1. The number of hydrogen-bond acceptors (Lipinski definition) is 4. The predicted octanol–water partition coefficient (Wildman–Crippen LogP) is 2.28. The summed E-state index contributed by atoms with van der Waals surface area (Å²) < 4.78 is 4.93. The fourth-order valence-electron chi connectivity index (χ4n) is 1.17. The van der Waals surface area contributed by atoms with E-state index < -0.39 is 5.91 Å². The van der Waals surface area contributed by atoms with Gasteiger partial charge in [-0.3, -0.25) is 4.79 Å². The molecule has 0 spiro atoms. The fourth-order valence-corrected chi connectivity index (χ4v) is 1.34. The summed E-state index contributed by atoms with van der Waals surface area (Å²) in [6.45, 7) is 1.65. The Morgan fingerprint density at radius 1 is 1.50 bits per heavy atom. The average molecular weight is 238 g/mol. The number of halogens is 1. The molecule has 5 nitrogen and oxygen atoms in total. The van der Waals surface area contributed by atoms with Crippen LogP contribution >= 0.6 is 11.6 Å². The molecule has 2 aromatic heterocycles. The van der Waals surface area contributed by atoms with Gasteiger partial charge in [0.2, 0.25) is 0 Å². The lowest BCUT2D eigenvalue weighted by molar-refractivity contribution is 0.102. The number of oxazole rings is 1. The van der Waals surface area contributed by atoms with Gasteiger partial charge in [-0.05, 0) is 19.1 Å². The van der Waals surface area contributed by atoms with E-state index in [1.54, 1.807) is 19.1 Å². The lowest BCUT2D eigenvalue weighted by atomic mass is 10.3. The zero-order chi connectivity index (χ0) is 11.5. The number of hydrogen-bond donors (Lipinski definition) is 1. The largest absolute Gasteiger partial charge is 0.448 e. The summed E-state index contributed by atoms with van der Waals surface area (Å²) >= 11 is 5.85. The first-order valence-corrected chi connectivity index (χ1v) is 4.88. The van der Waals surface area contributed by atoms with Gasteiger partial charge in [-0.1, -0.05) is 11.6 Å². The van der Waals surface area contributed by atoms with Crippen LogP contribution in [0.3, 0.4) is 0 Å². The van der Waals surface area contributed by atoms with Crippen LogP contribution in [-0.2, 0) is 0 Å². The molecule has 0 aromatic carbocycles. The quantitative estimate of drug-likeness (QED) is 0.870. The standard InChI is InChI=1S/C10H8ClN3O2/c1-6-8(13-5-16-6)10(15)14-9-7(11)3-2-4-12-9/h2-5H,1H3,(H,12,14,15). The number of aromatic nitrogens is 2. The van der Waals surface area contributed by atoms with E-state index in [0.717, 1.165) is 0 Å². The van der Waals surface area contributed by atoms with Crippen molar-refractivity contribution in [3.8, 4) is 0 Å². The summed E-state index contributed by atoms with van der Waals surface area (Å²) in [6, 6.07) is 3.32. The summed E-state index contributed by atoms with van der Waals surface area (Å²) in [5.74, 6) is 0.355. The maximum Gasteiger partial charge on any atom is 0.279 e. The third-order valence-electron chi connectivity index (χ3n) is 1.95. The van der Waals surface area contributed by atoms with Crippen LogP contribution in [0.2, 0.25) is 5.02 Å². The van der Waals surface area contributed by atoms with Crippen LogP contribution in [0, 0.1) is 6.92 Å². The molecule has 1 amide bonds. The first-order valence-electron chi connectivity index (χ1n) is 4.50. The van der Waals surface area contributed by atoms with Gasteiger partial charge in [-0.2, -0.15) is 0 Å². The lowest BCUT2D eigenvalue weighted by Gasteiger charge is -2.03. The second-order valence-corrected chi connectivity index (χ2v) is 3.45. The van der Waals surface area contributed by atoms with E-state index in [1.807, 2.05) is 0 Å². The van der Waals surface area contributed by atoms with E-state index >= 15 is 0 Å². The maximum atomic E-state index is 11.7. The van der Waals surface area contributed by atoms with Gasteiger partial charge < -0.3 is 9.73 Å². The van der Waals surface area contributed by atoms with Gasteiger partial charge >= 0.3 is 0 Å². The molecule has 0 aliphatic rings. The molecule has 0 aliphatic heterocycles. The number of anilines is 1. The van der Waals surface area contributed by atoms with E-state index in [9.17, 15) is 4.79 Å². The molecule has 16 heavy (non-hydrogen) atoms. The highest BCUT2D eigenvalue weighted by atomic mass is 35.5. The molecule has 1 N–H and O–H groups in total. The molecular weight excluding hydrogens is 230 g/mol. The number of amides is 1. The number of rotatable bonds is 2. The second kappa shape index (κ2) is 4.32. The van der Waals surface area contributed by atoms with E-state index in [-0.39, 0.29) is 5.69 Å². The van der Waals surface area contributed by atoms with Crippen molar-refractivity contribution in [2.45, 2.75) is 6.92 Å². The van der Waals surface area contributed by atoms with Gasteiger partial charge in [0.15, 0.2) is 17.9 Å². The maximum absolute atomic E-state index is 11.7. The van der Waals surface area contributed by atoms with E-state index in [0.29, 0.717) is 16.6 Å². The highest BCUT2D eigenvalue weighted by molar-refractivity contribution is 6.33. The third kappa shape index (κ3) is 2.04. The third-order valence-corrected chi connectivity index (χ3v) is 2.26. The van der Waals surface area contributed by atoms with Crippen LogP contribution in [0.4, 0.5) is 5.82 Å². The second-order valence-electron chi connectivity index (χ2n) is 3.05. The highest BCUT2D eigenvalue weighted by Crippen LogP contribution is 2.18. The molecule has 82 valence electrons. The van der Waals surface area contributed by atoms with Gasteiger partial charge in [0.1, 0.15) is 5.76 Å². The van der Waals surface area contributed by atoms with Crippen LogP contribution in [0.25, 0.3) is 0 Å². The summed E-state index contributed by atoms with van der Waals surface area (Å²) in [5.41, 5.74) is 0.224. The Balaban J connectivity index is 2.21. The number of nitrogens with one attached hydrogen (secondary N) is 1. The van der Waals surface area contributed by atoms with Crippen LogP contribution in [-0.4, -0.2) is 15.9 Å². The molecule has 6 heteroatoms. The highest BCUT2D eigenvalue weighted by Gasteiger charge is 2.14. The molecule has 0 atom stereocenters. The van der Waals surface area contributed by atoms with E-state index in [4.69, 9.17) is 16.0 Å². The number of nitrogens with zero attached hydrogens (tertiary/aromatic N) is 2. The van der Waals surface area contributed by atoms with Gasteiger partial charge in [0.05, 0.1) is 5.02 Å².